The van der Waals surface area contributed by atoms with E-state index in [-0.39, 0.29) is 35.7 Å². The summed E-state index contributed by atoms with van der Waals surface area (Å²) >= 11 is 3.74. The highest BCUT2D eigenvalue weighted by molar-refractivity contribution is 9.09. The van der Waals surface area contributed by atoms with Gasteiger partial charge in [-0.15, -0.1) is 13.2 Å². The highest BCUT2D eigenvalue weighted by atomic mass is 79.9. The average Bonchev–Trinajstić information content (AvgIpc) is 3.59. The zero-order valence-electron chi connectivity index (χ0n) is 24.0. The zero-order chi connectivity index (χ0) is 29.9. The number of carbonyl (C=O) groups excluding carboxylic acids is 3. The fraction of sp³-hybridized carbons (Fsp3) is 0.581. The summed E-state index contributed by atoms with van der Waals surface area (Å²) in [6, 6.07) is 8.74. The van der Waals surface area contributed by atoms with Crippen molar-refractivity contribution in [1.29, 1.82) is 0 Å². The van der Waals surface area contributed by atoms with Gasteiger partial charge in [0.2, 0.25) is 17.7 Å². The monoisotopic (exact) mass is 644 g/mol. The molecule has 4 saturated heterocycles. The van der Waals surface area contributed by atoms with Gasteiger partial charge < -0.3 is 29.3 Å². The normalized spacial score (nSPS) is 30.3. The number of carbonyl (C=O) groups is 3. The van der Waals surface area contributed by atoms with Crippen LogP contribution in [0.2, 0.25) is 0 Å². The van der Waals surface area contributed by atoms with Gasteiger partial charge in [0, 0.05) is 57.2 Å². The van der Waals surface area contributed by atoms with Crippen LogP contribution in [0.3, 0.4) is 0 Å². The summed E-state index contributed by atoms with van der Waals surface area (Å²) in [7, 11) is 0. The van der Waals surface area contributed by atoms with Crippen molar-refractivity contribution >= 4 is 33.7 Å². The van der Waals surface area contributed by atoms with E-state index in [4.69, 9.17) is 9.47 Å². The Bertz CT molecular complexity index is 1160. The van der Waals surface area contributed by atoms with Crippen molar-refractivity contribution in [3.05, 3.63) is 61.2 Å². The van der Waals surface area contributed by atoms with Gasteiger partial charge in [-0.1, -0.05) is 58.4 Å². The van der Waals surface area contributed by atoms with E-state index < -0.39 is 29.6 Å². The maximum atomic E-state index is 14.4. The maximum Gasteiger partial charge on any atom is 0.248 e. The van der Waals surface area contributed by atoms with E-state index in [0.29, 0.717) is 52.4 Å². The molecule has 10 nitrogen and oxygen atoms in total. The van der Waals surface area contributed by atoms with Crippen LogP contribution in [-0.4, -0.2) is 131 Å². The molecule has 4 aliphatic rings. The number of nitrogens with zero attached hydrogens (tertiary/aromatic N) is 4. The quantitative estimate of drug-likeness (QED) is 0.255. The number of amides is 3. The number of fused-ring (bicyclic) bond motifs is 1. The van der Waals surface area contributed by atoms with Gasteiger partial charge in [0.1, 0.15) is 11.6 Å². The third kappa shape index (κ3) is 5.69. The van der Waals surface area contributed by atoms with Crippen LogP contribution in [0.4, 0.5) is 0 Å². The molecule has 0 aliphatic carbocycles. The molecule has 2 bridgehead atoms. The van der Waals surface area contributed by atoms with E-state index in [0.717, 1.165) is 18.7 Å². The summed E-state index contributed by atoms with van der Waals surface area (Å²) in [5, 5.41) is 9.95. The molecule has 1 N–H and O–H groups in total. The highest BCUT2D eigenvalue weighted by Gasteiger charge is 2.76. The lowest BCUT2D eigenvalue weighted by atomic mass is 9.70. The predicted molar refractivity (Wildman–Crippen MR) is 161 cm³/mol. The van der Waals surface area contributed by atoms with Crippen LogP contribution in [0.25, 0.3) is 0 Å². The van der Waals surface area contributed by atoms with Crippen molar-refractivity contribution in [2.45, 2.75) is 35.5 Å². The Morgan fingerprint density at radius 2 is 1.76 bits per heavy atom. The van der Waals surface area contributed by atoms with E-state index in [9.17, 15) is 19.5 Å². The number of likely N-dealkylation sites (tertiary alicyclic amines) is 1. The standard InChI is InChI=1S/C31H41BrN4O6/c1-3-10-34(13-12-33-15-18-41-19-16-33)30(40)27-31-20-23(32)26(42-31)24(25(31)29(39)36(27)14-17-37)28(38)35(11-4-2)21-22-8-6-5-7-9-22/h3-9,23-27,37H,1-2,10-21H2/t23?,24-,25-,26-,27?,31?/m0/s1. The van der Waals surface area contributed by atoms with E-state index >= 15 is 0 Å². The SMILES string of the molecule is C=CCN(CCN1CCOCC1)C(=O)C1N(CCO)C(=O)[C@@H]2[C@H](C(=O)N(CC=C)Cc3ccccc3)[C@H]3OC12CC3Br. The summed E-state index contributed by atoms with van der Waals surface area (Å²) in [6.07, 6.45) is 3.23. The number of aliphatic hydroxyl groups is 1. The molecule has 0 radical (unpaired) electrons. The Hall–Kier alpha value is -2.57. The lowest BCUT2D eigenvalue weighted by Crippen LogP contribution is -2.58. The third-order valence-electron chi connectivity index (χ3n) is 8.98. The third-order valence-corrected chi connectivity index (χ3v) is 9.82. The second kappa shape index (κ2) is 13.4. The van der Waals surface area contributed by atoms with Gasteiger partial charge in [-0.05, 0) is 12.0 Å². The van der Waals surface area contributed by atoms with E-state index in [1.165, 1.54) is 4.90 Å². The molecule has 0 aromatic heterocycles. The van der Waals surface area contributed by atoms with Crippen LogP contribution in [0.5, 0.6) is 0 Å². The molecule has 5 rings (SSSR count). The molecule has 4 heterocycles. The molecule has 4 aliphatic heterocycles. The molecule has 11 heteroatoms. The fourth-order valence-corrected chi connectivity index (χ4v) is 8.09. The Morgan fingerprint density at radius 3 is 2.43 bits per heavy atom. The lowest BCUT2D eigenvalue weighted by Gasteiger charge is -2.38. The first-order valence-corrected chi connectivity index (χ1v) is 15.6. The number of alkyl halides is 1. The van der Waals surface area contributed by atoms with Gasteiger partial charge in [0.05, 0.1) is 37.8 Å². The average molecular weight is 646 g/mol. The first kappa shape index (κ1) is 30.9. The number of benzene rings is 1. The number of rotatable bonds is 13. The van der Waals surface area contributed by atoms with Crippen molar-refractivity contribution in [2.75, 3.05) is 65.6 Å². The van der Waals surface area contributed by atoms with Crippen LogP contribution in [0, 0.1) is 11.8 Å². The minimum absolute atomic E-state index is 0.0127. The number of ether oxygens (including phenoxy) is 2. The molecule has 3 amide bonds. The molecule has 1 aromatic rings. The maximum absolute atomic E-state index is 14.4. The van der Waals surface area contributed by atoms with E-state index in [2.05, 4.69) is 34.0 Å². The summed E-state index contributed by atoms with van der Waals surface area (Å²) < 4.78 is 12.1. The van der Waals surface area contributed by atoms with Gasteiger partial charge >= 0.3 is 0 Å². The minimum Gasteiger partial charge on any atom is -0.395 e. The molecular formula is C31H41BrN4O6. The smallest absolute Gasteiger partial charge is 0.248 e. The molecule has 0 saturated carbocycles. The van der Waals surface area contributed by atoms with Gasteiger partial charge in [-0.2, -0.15) is 0 Å². The van der Waals surface area contributed by atoms with Crippen LogP contribution in [-0.2, 0) is 30.4 Å². The Balaban J connectivity index is 1.44. The fourth-order valence-electron chi connectivity index (χ4n) is 7.15. The predicted octanol–water partition coefficient (Wildman–Crippen LogP) is 1.29. The van der Waals surface area contributed by atoms with Crippen molar-refractivity contribution in [3.63, 3.8) is 0 Å². The molecule has 228 valence electrons. The number of aliphatic hydroxyl groups excluding tert-OH is 1. The first-order chi connectivity index (χ1) is 20.4. The second-order valence-corrected chi connectivity index (χ2v) is 12.6. The van der Waals surface area contributed by atoms with Gasteiger partial charge in [-0.25, -0.2) is 0 Å². The largest absolute Gasteiger partial charge is 0.395 e. The van der Waals surface area contributed by atoms with Crippen LogP contribution in [0.1, 0.15) is 12.0 Å². The number of morpholine rings is 1. The molecule has 1 spiro atoms. The van der Waals surface area contributed by atoms with Gasteiger partial charge in [-0.3, -0.25) is 19.3 Å². The number of β-amino-alcohol motifs (C(OH)–C–C–N with tert-alkyl or cyclic N) is 1. The van der Waals surface area contributed by atoms with Crippen LogP contribution < -0.4 is 0 Å². The van der Waals surface area contributed by atoms with E-state index in [1.807, 2.05) is 30.3 Å². The van der Waals surface area contributed by atoms with Crippen LogP contribution >= 0.6 is 15.9 Å². The number of hydrogen-bond acceptors (Lipinski definition) is 7. The Morgan fingerprint density at radius 1 is 1.07 bits per heavy atom. The molecule has 6 atom stereocenters. The topological polar surface area (TPSA) is 103 Å². The summed E-state index contributed by atoms with van der Waals surface area (Å²) in [6.45, 7) is 12.4. The molecule has 1 aromatic carbocycles. The van der Waals surface area contributed by atoms with Crippen LogP contribution in [0.15, 0.2) is 55.6 Å². The highest BCUT2D eigenvalue weighted by Crippen LogP contribution is 2.60. The summed E-state index contributed by atoms with van der Waals surface area (Å²) in [5.74, 6) is -2.34. The molecule has 3 unspecified atom stereocenters. The number of hydrogen-bond donors (Lipinski definition) is 1. The van der Waals surface area contributed by atoms with E-state index in [1.54, 1.807) is 22.0 Å². The zero-order valence-corrected chi connectivity index (χ0v) is 25.6. The minimum atomic E-state index is -1.17. The van der Waals surface area contributed by atoms with Crippen molar-refractivity contribution in [2.24, 2.45) is 11.8 Å². The van der Waals surface area contributed by atoms with Gasteiger partial charge in [0.25, 0.3) is 0 Å². The lowest BCUT2D eigenvalue weighted by molar-refractivity contribution is -0.149. The number of halogens is 1. The van der Waals surface area contributed by atoms with Crippen molar-refractivity contribution in [1.82, 2.24) is 19.6 Å². The molecule has 42 heavy (non-hydrogen) atoms. The van der Waals surface area contributed by atoms with Gasteiger partial charge in [0.15, 0.2) is 0 Å². The first-order valence-electron chi connectivity index (χ1n) is 14.7. The molecule has 4 fully saturated rings. The van der Waals surface area contributed by atoms with Crippen molar-refractivity contribution < 1.29 is 29.0 Å². The summed E-state index contributed by atoms with van der Waals surface area (Å²) in [5.41, 5.74) is -0.206. The Labute approximate surface area is 256 Å². The van der Waals surface area contributed by atoms with Crippen molar-refractivity contribution in [3.8, 4) is 0 Å². The second-order valence-electron chi connectivity index (χ2n) is 11.4. The summed E-state index contributed by atoms with van der Waals surface area (Å²) in [4.78, 5) is 49.7. The molecular weight excluding hydrogens is 604 g/mol. The Kier molecular flexibility index (Phi) is 9.84.